The first-order chi connectivity index (χ1) is 7.54. The second kappa shape index (κ2) is 3.80. The average molecular weight is 229 g/mol. The number of tetrazole rings is 1. The SMILES string of the molecule is FC(F)(F)Oc1cccc(-n2n[c]nn2)c1. The van der Waals surface area contributed by atoms with E-state index < -0.39 is 6.36 Å². The maximum Gasteiger partial charge on any atom is 0.573 e. The molecule has 0 fully saturated rings. The second-order valence-electron chi connectivity index (χ2n) is 2.72. The molecule has 0 aliphatic rings. The molecule has 1 heterocycles. The van der Waals surface area contributed by atoms with E-state index in [0.29, 0.717) is 5.69 Å². The summed E-state index contributed by atoms with van der Waals surface area (Å²) in [6.45, 7) is 0. The van der Waals surface area contributed by atoms with Crippen molar-refractivity contribution < 1.29 is 17.9 Å². The molecular formula is C8H4F3N4O. The predicted octanol–water partition coefficient (Wildman–Crippen LogP) is 1.36. The molecule has 1 aromatic carbocycles. The van der Waals surface area contributed by atoms with Crippen LogP contribution >= 0.6 is 0 Å². The molecule has 1 radical (unpaired) electrons. The van der Waals surface area contributed by atoms with Crippen molar-refractivity contribution in [1.29, 1.82) is 0 Å². The largest absolute Gasteiger partial charge is 0.573 e. The lowest BCUT2D eigenvalue weighted by Crippen LogP contribution is -2.17. The Morgan fingerprint density at radius 2 is 2.12 bits per heavy atom. The lowest BCUT2D eigenvalue weighted by Gasteiger charge is -2.09. The zero-order valence-electron chi connectivity index (χ0n) is 7.64. The van der Waals surface area contributed by atoms with Gasteiger partial charge in [-0.2, -0.15) is 0 Å². The van der Waals surface area contributed by atoms with Gasteiger partial charge in [-0.3, -0.25) is 0 Å². The number of rotatable bonds is 2. The van der Waals surface area contributed by atoms with Gasteiger partial charge in [-0.1, -0.05) is 6.07 Å². The summed E-state index contributed by atoms with van der Waals surface area (Å²) in [6, 6.07) is 5.22. The van der Waals surface area contributed by atoms with Crippen LogP contribution < -0.4 is 4.74 Å². The number of hydrogen-bond donors (Lipinski definition) is 0. The normalized spacial score (nSPS) is 11.4. The van der Waals surface area contributed by atoms with Crippen molar-refractivity contribution in [2.45, 2.75) is 6.36 Å². The van der Waals surface area contributed by atoms with Gasteiger partial charge in [-0.15, -0.1) is 28.2 Å². The number of ether oxygens (including phenoxy) is 1. The van der Waals surface area contributed by atoms with Crippen molar-refractivity contribution in [3.05, 3.63) is 30.6 Å². The van der Waals surface area contributed by atoms with Crippen LogP contribution in [0.4, 0.5) is 13.2 Å². The van der Waals surface area contributed by atoms with Gasteiger partial charge >= 0.3 is 6.36 Å². The lowest BCUT2D eigenvalue weighted by atomic mass is 10.3. The van der Waals surface area contributed by atoms with Crippen molar-refractivity contribution in [3.8, 4) is 11.4 Å². The van der Waals surface area contributed by atoms with Crippen molar-refractivity contribution in [1.82, 2.24) is 20.2 Å². The van der Waals surface area contributed by atoms with E-state index in [1.54, 1.807) is 0 Å². The third kappa shape index (κ3) is 2.47. The number of nitrogens with zero attached hydrogens (tertiary/aromatic N) is 4. The quantitative estimate of drug-likeness (QED) is 0.780. The third-order valence-electron chi connectivity index (χ3n) is 1.60. The molecule has 0 spiro atoms. The van der Waals surface area contributed by atoms with Crippen LogP contribution in [0.1, 0.15) is 0 Å². The van der Waals surface area contributed by atoms with E-state index in [2.05, 4.69) is 26.5 Å². The summed E-state index contributed by atoms with van der Waals surface area (Å²) in [6.07, 6.45) is -2.54. The fraction of sp³-hybridized carbons (Fsp3) is 0.125. The van der Waals surface area contributed by atoms with Gasteiger partial charge in [-0.05, 0) is 17.3 Å². The third-order valence-corrected chi connectivity index (χ3v) is 1.60. The van der Waals surface area contributed by atoms with E-state index in [0.717, 1.165) is 10.9 Å². The topological polar surface area (TPSA) is 52.8 Å². The molecule has 2 rings (SSSR count). The van der Waals surface area contributed by atoms with Crippen molar-refractivity contribution in [3.63, 3.8) is 0 Å². The van der Waals surface area contributed by atoms with Crippen LogP contribution in [-0.4, -0.2) is 26.6 Å². The van der Waals surface area contributed by atoms with E-state index in [4.69, 9.17) is 0 Å². The first kappa shape index (κ1) is 10.4. The highest BCUT2D eigenvalue weighted by atomic mass is 19.4. The van der Waals surface area contributed by atoms with Gasteiger partial charge < -0.3 is 4.74 Å². The highest BCUT2D eigenvalue weighted by Gasteiger charge is 2.31. The number of alkyl halides is 3. The van der Waals surface area contributed by atoms with Crippen molar-refractivity contribution in [2.75, 3.05) is 0 Å². The number of hydrogen-bond acceptors (Lipinski definition) is 4. The first-order valence-corrected chi connectivity index (χ1v) is 4.07. The Labute approximate surface area is 87.4 Å². The smallest absolute Gasteiger partial charge is 0.406 e. The Balaban J connectivity index is 2.27. The fourth-order valence-corrected chi connectivity index (χ4v) is 1.06. The Bertz CT molecular complexity index is 468. The monoisotopic (exact) mass is 229 g/mol. The van der Waals surface area contributed by atoms with E-state index in [1.165, 1.54) is 18.2 Å². The van der Waals surface area contributed by atoms with Crippen molar-refractivity contribution >= 4 is 0 Å². The highest BCUT2D eigenvalue weighted by Crippen LogP contribution is 2.23. The first-order valence-electron chi connectivity index (χ1n) is 4.07. The molecule has 0 aliphatic heterocycles. The minimum absolute atomic E-state index is 0.301. The van der Waals surface area contributed by atoms with E-state index in [1.807, 2.05) is 0 Å². The van der Waals surface area contributed by atoms with Crippen LogP contribution in [0.2, 0.25) is 0 Å². The molecule has 83 valence electrons. The minimum atomic E-state index is -4.72. The molecule has 16 heavy (non-hydrogen) atoms. The van der Waals surface area contributed by atoms with Crippen LogP contribution in [0.15, 0.2) is 24.3 Å². The van der Waals surface area contributed by atoms with Gasteiger partial charge in [0.05, 0.1) is 5.69 Å². The fourth-order valence-electron chi connectivity index (χ4n) is 1.06. The van der Waals surface area contributed by atoms with Gasteiger partial charge in [0.2, 0.25) is 6.33 Å². The summed E-state index contributed by atoms with van der Waals surface area (Å²) in [5.74, 6) is -0.345. The lowest BCUT2D eigenvalue weighted by molar-refractivity contribution is -0.274. The Kier molecular flexibility index (Phi) is 2.47. The summed E-state index contributed by atoms with van der Waals surface area (Å²) in [7, 11) is 0. The second-order valence-corrected chi connectivity index (χ2v) is 2.72. The summed E-state index contributed by atoms with van der Waals surface area (Å²) >= 11 is 0. The van der Waals surface area contributed by atoms with Crippen LogP contribution in [0.3, 0.4) is 0 Å². The minimum Gasteiger partial charge on any atom is -0.406 e. The Morgan fingerprint density at radius 3 is 2.75 bits per heavy atom. The molecule has 0 aliphatic carbocycles. The zero-order valence-corrected chi connectivity index (χ0v) is 7.64. The maximum atomic E-state index is 11.9. The predicted molar refractivity (Wildman–Crippen MR) is 44.7 cm³/mol. The molecular weight excluding hydrogens is 225 g/mol. The average Bonchev–Trinajstić information content (AvgIpc) is 2.68. The van der Waals surface area contributed by atoms with Gasteiger partial charge in [0.25, 0.3) is 0 Å². The molecule has 0 N–H and O–H groups in total. The molecule has 2 aromatic rings. The summed E-state index contributed by atoms with van der Waals surface area (Å²) in [5, 5.41) is 10.4. The van der Waals surface area contributed by atoms with E-state index in [9.17, 15) is 13.2 Å². The van der Waals surface area contributed by atoms with Crippen LogP contribution in [0.25, 0.3) is 5.69 Å². The highest BCUT2D eigenvalue weighted by molar-refractivity contribution is 5.37. The molecule has 0 atom stereocenters. The van der Waals surface area contributed by atoms with Crippen molar-refractivity contribution in [2.24, 2.45) is 0 Å². The van der Waals surface area contributed by atoms with Crippen LogP contribution in [0.5, 0.6) is 5.75 Å². The molecule has 0 bridgehead atoms. The number of halogens is 3. The molecule has 1 aromatic heterocycles. The van der Waals surface area contributed by atoms with E-state index >= 15 is 0 Å². The molecule has 0 saturated carbocycles. The van der Waals surface area contributed by atoms with Gasteiger partial charge in [0.1, 0.15) is 5.75 Å². The molecule has 0 saturated heterocycles. The summed E-state index contributed by atoms with van der Waals surface area (Å²) in [4.78, 5) is 1.03. The summed E-state index contributed by atoms with van der Waals surface area (Å²) in [5.41, 5.74) is 0.301. The molecule has 0 amide bonds. The zero-order chi connectivity index (χ0) is 11.6. The van der Waals surface area contributed by atoms with Crippen LogP contribution in [0, 0.1) is 6.33 Å². The number of aromatic nitrogens is 4. The molecule has 8 heteroatoms. The Hall–Kier alpha value is -2.12. The van der Waals surface area contributed by atoms with E-state index in [-0.39, 0.29) is 5.75 Å². The number of benzene rings is 1. The van der Waals surface area contributed by atoms with Gasteiger partial charge in [0, 0.05) is 6.07 Å². The molecule has 0 unspecified atom stereocenters. The maximum absolute atomic E-state index is 11.9. The Morgan fingerprint density at radius 1 is 1.31 bits per heavy atom. The van der Waals surface area contributed by atoms with Gasteiger partial charge in [0.15, 0.2) is 0 Å². The van der Waals surface area contributed by atoms with Gasteiger partial charge in [-0.25, -0.2) is 0 Å². The summed E-state index contributed by atoms with van der Waals surface area (Å²) < 4.78 is 39.6. The standard InChI is InChI=1S/C8H4F3N4O/c9-8(10,11)16-7-3-1-2-6(4-7)15-13-5-12-14-15/h1-4H. The molecule has 5 nitrogen and oxygen atoms in total. The van der Waals surface area contributed by atoms with Crippen LogP contribution in [-0.2, 0) is 0 Å².